The molecule has 0 radical (unpaired) electrons. The summed E-state index contributed by atoms with van der Waals surface area (Å²) in [5.41, 5.74) is 0. The van der Waals surface area contributed by atoms with Crippen LogP contribution in [-0.2, 0) is 4.74 Å². The highest BCUT2D eigenvalue weighted by Gasteiger charge is 2.19. The van der Waals surface area contributed by atoms with Gasteiger partial charge in [0.2, 0.25) is 0 Å². The second-order valence-corrected chi connectivity index (χ2v) is 5.70. The molecular weight excluding hydrogens is 328 g/mol. The molecule has 0 aromatic carbocycles. The van der Waals surface area contributed by atoms with E-state index >= 15 is 0 Å². The van der Waals surface area contributed by atoms with Crippen LogP contribution in [-0.4, -0.2) is 119 Å². The zero-order chi connectivity index (χ0) is 19.7. The summed E-state index contributed by atoms with van der Waals surface area (Å²) in [6, 6.07) is -0.0741. The Morgan fingerprint density at radius 2 is 1.36 bits per heavy atom. The van der Waals surface area contributed by atoms with Crippen molar-refractivity contribution in [2.24, 2.45) is 0 Å². The number of hydrogen-bond donors (Lipinski definition) is 5. The van der Waals surface area contributed by atoms with Crippen molar-refractivity contribution < 1.29 is 30.3 Å². The number of aliphatic hydroxyl groups excluding tert-OH is 5. The lowest BCUT2D eigenvalue weighted by Gasteiger charge is -2.25. The highest BCUT2D eigenvalue weighted by molar-refractivity contribution is 4.66. The Morgan fingerprint density at radius 1 is 0.880 bits per heavy atom. The first-order valence-electron chi connectivity index (χ1n) is 9.16. The van der Waals surface area contributed by atoms with Gasteiger partial charge in [0.05, 0.1) is 45.2 Å². The molecule has 0 aromatic heterocycles. The molecule has 5 N–H and O–H groups in total. The molecule has 8 nitrogen and oxygen atoms in total. The molecular formula is C17H40N2O6. The van der Waals surface area contributed by atoms with E-state index in [2.05, 4.69) is 9.64 Å². The molecule has 1 saturated heterocycles. The van der Waals surface area contributed by atoms with Gasteiger partial charge in [0.15, 0.2) is 0 Å². The van der Waals surface area contributed by atoms with Crippen LogP contribution in [0.4, 0.5) is 0 Å². The summed E-state index contributed by atoms with van der Waals surface area (Å²) in [7, 11) is 0. The van der Waals surface area contributed by atoms with Gasteiger partial charge in [-0.25, -0.2) is 0 Å². The van der Waals surface area contributed by atoms with Gasteiger partial charge in [0, 0.05) is 6.54 Å². The molecule has 2 atom stereocenters. The fourth-order valence-corrected chi connectivity index (χ4v) is 2.04. The minimum Gasteiger partial charge on any atom is -0.395 e. The summed E-state index contributed by atoms with van der Waals surface area (Å²) in [5, 5.41) is 43.1. The van der Waals surface area contributed by atoms with E-state index in [1.54, 1.807) is 0 Å². The van der Waals surface area contributed by atoms with Crippen LogP contribution < -0.4 is 0 Å². The quantitative estimate of drug-likeness (QED) is 0.287. The highest BCUT2D eigenvalue weighted by Crippen LogP contribution is 2.05. The van der Waals surface area contributed by atoms with Crippen molar-refractivity contribution in [3.05, 3.63) is 0 Å². The minimum absolute atomic E-state index is 0.0399. The van der Waals surface area contributed by atoms with E-state index in [4.69, 9.17) is 25.5 Å². The Hall–Kier alpha value is -0.320. The van der Waals surface area contributed by atoms with E-state index in [-0.39, 0.29) is 38.6 Å². The van der Waals surface area contributed by atoms with Crippen molar-refractivity contribution in [1.29, 1.82) is 0 Å². The molecule has 1 aliphatic heterocycles. The Kier molecular flexibility index (Phi) is 19.9. The van der Waals surface area contributed by atoms with Crippen LogP contribution in [0.25, 0.3) is 0 Å². The van der Waals surface area contributed by atoms with E-state index in [0.717, 1.165) is 32.8 Å². The maximum Gasteiger partial charge on any atom is 0.104 e. The molecule has 0 saturated carbocycles. The Labute approximate surface area is 152 Å². The van der Waals surface area contributed by atoms with Crippen LogP contribution in [0, 0.1) is 0 Å². The SMILES string of the molecule is CCN(CC)C(CO)CO.CCN(CC)CC(O)CO.OCC1CO1. The fraction of sp³-hybridized carbons (Fsp3) is 1.00. The van der Waals surface area contributed by atoms with Gasteiger partial charge in [0.25, 0.3) is 0 Å². The number of epoxide rings is 1. The topological polar surface area (TPSA) is 120 Å². The Balaban J connectivity index is 0. The van der Waals surface area contributed by atoms with E-state index < -0.39 is 6.10 Å². The highest BCUT2D eigenvalue weighted by atomic mass is 16.6. The maximum absolute atomic E-state index is 9.00. The van der Waals surface area contributed by atoms with E-state index in [0.29, 0.717) is 6.54 Å². The van der Waals surface area contributed by atoms with Gasteiger partial charge >= 0.3 is 0 Å². The summed E-state index contributed by atoms with van der Waals surface area (Å²) in [6.45, 7) is 13.2. The van der Waals surface area contributed by atoms with E-state index in [1.165, 1.54) is 0 Å². The van der Waals surface area contributed by atoms with Crippen LogP contribution >= 0.6 is 0 Å². The van der Waals surface area contributed by atoms with Crippen molar-refractivity contribution in [2.45, 2.75) is 45.9 Å². The van der Waals surface area contributed by atoms with Gasteiger partial charge in [0.1, 0.15) is 6.10 Å². The number of hydrogen-bond acceptors (Lipinski definition) is 8. The number of ether oxygens (including phenoxy) is 1. The Bertz CT molecular complexity index is 248. The lowest BCUT2D eigenvalue weighted by Crippen LogP contribution is -2.40. The van der Waals surface area contributed by atoms with Gasteiger partial charge in [-0.2, -0.15) is 0 Å². The van der Waals surface area contributed by atoms with Gasteiger partial charge in [-0.3, -0.25) is 4.90 Å². The molecule has 154 valence electrons. The zero-order valence-corrected chi connectivity index (χ0v) is 16.3. The number of rotatable bonds is 11. The molecule has 1 heterocycles. The van der Waals surface area contributed by atoms with E-state index in [9.17, 15) is 0 Å². The monoisotopic (exact) mass is 368 g/mol. The van der Waals surface area contributed by atoms with Crippen LogP contribution in [0.3, 0.4) is 0 Å². The molecule has 0 aromatic rings. The summed E-state index contributed by atoms with van der Waals surface area (Å²) in [4.78, 5) is 4.10. The normalized spacial score (nSPS) is 17.0. The predicted molar refractivity (Wildman–Crippen MR) is 98.6 cm³/mol. The van der Waals surface area contributed by atoms with Gasteiger partial charge in [-0.15, -0.1) is 0 Å². The molecule has 8 heteroatoms. The summed E-state index contributed by atoms with van der Waals surface area (Å²) < 4.78 is 4.61. The molecule has 0 amide bonds. The van der Waals surface area contributed by atoms with Crippen LogP contribution in [0.1, 0.15) is 27.7 Å². The first-order valence-corrected chi connectivity index (χ1v) is 9.16. The summed E-state index contributed by atoms with van der Waals surface area (Å²) in [6.07, 6.45) is -0.394. The van der Waals surface area contributed by atoms with Crippen molar-refractivity contribution in [3.63, 3.8) is 0 Å². The first kappa shape index (κ1) is 26.9. The van der Waals surface area contributed by atoms with Crippen molar-refractivity contribution in [1.82, 2.24) is 9.80 Å². The molecule has 0 bridgehead atoms. The first-order chi connectivity index (χ1) is 12.0. The average Bonchev–Trinajstić information content (AvgIpc) is 3.49. The summed E-state index contributed by atoms with van der Waals surface area (Å²) in [5.74, 6) is 0. The second kappa shape index (κ2) is 18.5. The molecule has 1 fully saturated rings. The molecule has 0 spiro atoms. The lowest BCUT2D eigenvalue weighted by atomic mass is 10.3. The molecule has 1 aliphatic rings. The maximum atomic E-state index is 9.00. The van der Waals surface area contributed by atoms with Gasteiger partial charge in [-0.05, 0) is 26.2 Å². The number of nitrogens with zero attached hydrogens (tertiary/aromatic N) is 2. The minimum atomic E-state index is -0.583. The van der Waals surface area contributed by atoms with Gasteiger partial charge < -0.3 is 35.2 Å². The number of likely N-dealkylation sites (N-methyl/N-ethyl adjacent to an activating group) is 2. The third-order valence-electron chi connectivity index (χ3n) is 3.93. The van der Waals surface area contributed by atoms with Crippen molar-refractivity contribution in [2.75, 3.05) is 65.8 Å². The second-order valence-electron chi connectivity index (χ2n) is 5.70. The fourth-order valence-electron chi connectivity index (χ4n) is 2.04. The van der Waals surface area contributed by atoms with Crippen molar-refractivity contribution in [3.8, 4) is 0 Å². The molecule has 1 rings (SSSR count). The van der Waals surface area contributed by atoms with Gasteiger partial charge in [-0.1, -0.05) is 27.7 Å². The van der Waals surface area contributed by atoms with Crippen LogP contribution in [0.15, 0.2) is 0 Å². The van der Waals surface area contributed by atoms with E-state index in [1.807, 2.05) is 32.6 Å². The molecule has 0 aliphatic carbocycles. The smallest absolute Gasteiger partial charge is 0.104 e. The third kappa shape index (κ3) is 15.6. The van der Waals surface area contributed by atoms with Crippen LogP contribution in [0.2, 0.25) is 0 Å². The van der Waals surface area contributed by atoms with Crippen molar-refractivity contribution >= 4 is 0 Å². The lowest BCUT2D eigenvalue weighted by molar-refractivity contribution is 0.0623. The predicted octanol–water partition coefficient (Wildman–Crippen LogP) is -1.26. The largest absolute Gasteiger partial charge is 0.395 e. The van der Waals surface area contributed by atoms with Crippen LogP contribution in [0.5, 0.6) is 0 Å². The molecule has 2 unspecified atom stereocenters. The Morgan fingerprint density at radius 3 is 1.52 bits per heavy atom. The third-order valence-corrected chi connectivity index (χ3v) is 3.93. The standard InChI is InChI=1S/2C7H17NO2.C3H6O2/c1-3-8(4-2)7(5-9)6-10;1-3-8(4-2)5-7(10)6-9;4-1-3-2-5-3/h2*7,9-10H,3-6H2,1-2H3;3-4H,1-2H2. The summed E-state index contributed by atoms with van der Waals surface area (Å²) >= 11 is 0. The average molecular weight is 369 g/mol. The molecule has 25 heavy (non-hydrogen) atoms. The zero-order valence-electron chi connectivity index (χ0n) is 16.3. The number of aliphatic hydroxyl groups is 5.